The Hall–Kier alpha value is -4.08. The van der Waals surface area contributed by atoms with Crippen LogP contribution in [0.4, 0.5) is 18.9 Å². The van der Waals surface area contributed by atoms with Gasteiger partial charge in [-0.1, -0.05) is 26.5 Å². The van der Waals surface area contributed by atoms with Crippen LogP contribution in [-0.4, -0.2) is 39.3 Å². The Morgan fingerprint density at radius 1 is 1.21 bits per heavy atom. The van der Waals surface area contributed by atoms with Gasteiger partial charge < -0.3 is 19.4 Å². The molecule has 5 rings (SSSR count). The quantitative estimate of drug-likeness (QED) is 0.223. The average molecular weight is 538 g/mol. The third-order valence-corrected chi connectivity index (χ3v) is 6.74. The van der Waals surface area contributed by atoms with Gasteiger partial charge in [0.2, 0.25) is 0 Å². The fourth-order valence-electron chi connectivity index (χ4n) is 5.04. The van der Waals surface area contributed by atoms with Crippen LogP contribution in [0.5, 0.6) is 5.75 Å². The second-order valence-corrected chi connectivity index (χ2v) is 9.68. The van der Waals surface area contributed by atoms with Crippen molar-refractivity contribution in [2.45, 2.75) is 52.2 Å². The Kier molecular flexibility index (Phi) is 7.45. The first-order valence-corrected chi connectivity index (χ1v) is 12.9. The van der Waals surface area contributed by atoms with Crippen LogP contribution in [0.1, 0.15) is 56.4 Å². The number of ether oxygens (including phenoxy) is 2. The van der Waals surface area contributed by atoms with Crippen molar-refractivity contribution in [3.05, 3.63) is 78.1 Å². The standard InChI is InChI=1S/C29H30F3N5O2/c1-5-38-17(4)13-33-21-7-6-8-25(39-29(31)32)27(21)23-9-10-26-36-22-12-20(30)19(11-24(22)37(23)26)18-14-34-28(16(2)3)35-15-18/h6-8,11-12,14-16,23,29,33H,4-5,9-10,13H2,1-3H3/t23-/m1/s1. The molecule has 0 saturated heterocycles. The van der Waals surface area contributed by atoms with E-state index in [9.17, 15) is 8.78 Å². The highest BCUT2D eigenvalue weighted by molar-refractivity contribution is 5.83. The van der Waals surface area contributed by atoms with Crippen LogP contribution in [0.2, 0.25) is 0 Å². The second-order valence-electron chi connectivity index (χ2n) is 9.68. The van der Waals surface area contributed by atoms with Crippen LogP contribution in [0.15, 0.2) is 55.1 Å². The smallest absolute Gasteiger partial charge is 0.387 e. The summed E-state index contributed by atoms with van der Waals surface area (Å²) in [5, 5.41) is 3.26. The molecule has 2 aromatic carbocycles. The van der Waals surface area contributed by atoms with Gasteiger partial charge in [0.15, 0.2) is 0 Å². The van der Waals surface area contributed by atoms with Crippen LogP contribution in [-0.2, 0) is 11.2 Å². The lowest BCUT2D eigenvalue weighted by atomic mass is 10.00. The molecule has 0 bridgehead atoms. The maximum Gasteiger partial charge on any atom is 0.387 e. The van der Waals surface area contributed by atoms with E-state index in [-0.39, 0.29) is 17.7 Å². The minimum atomic E-state index is -2.99. The average Bonchev–Trinajstić information content (AvgIpc) is 3.46. The molecule has 7 nitrogen and oxygen atoms in total. The van der Waals surface area contributed by atoms with Crippen molar-refractivity contribution in [3.63, 3.8) is 0 Å². The van der Waals surface area contributed by atoms with Crippen LogP contribution in [0, 0.1) is 5.82 Å². The number of halogens is 3. The molecule has 0 saturated carbocycles. The number of alkyl halides is 2. The first kappa shape index (κ1) is 26.5. The third-order valence-electron chi connectivity index (χ3n) is 6.74. The largest absolute Gasteiger partial charge is 0.497 e. The zero-order valence-electron chi connectivity index (χ0n) is 22.0. The molecule has 0 aliphatic carbocycles. The summed E-state index contributed by atoms with van der Waals surface area (Å²) in [6, 6.07) is 7.75. The Balaban J connectivity index is 1.60. The molecule has 204 valence electrons. The van der Waals surface area contributed by atoms with Crippen LogP contribution in [0.25, 0.3) is 22.2 Å². The molecular weight excluding hydrogens is 507 g/mol. The molecule has 1 aliphatic rings. The number of anilines is 1. The van der Waals surface area contributed by atoms with E-state index in [0.29, 0.717) is 71.0 Å². The van der Waals surface area contributed by atoms with Gasteiger partial charge in [-0.3, -0.25) is 0 Å². The normalized spacial score (nSPS) is 14.7. The van der Waals surface area contributed by atoms with E-state index in [2.05, 4.69) is 26.8 Å². The van der Waals surface area contributed by atoms with E-state index >= 15 is 4.39 Å². The fourth-order valence-corrected chi connectivity index (χ4v) is 5.04. The van der Waals surface area contributed by atoms with Gasteiger partial charge in [0.25, 0.3) is 0 Å². The van der Waals surface area contributed by atoms with Crippen molar-refractivity contribution in [1.82, 2.24) is 19.5 Å². The monoisotopic (exact) mass is 537 g/mol. The molecule has 4 aromatic rings. The summed E-state index contributed by atoms with van der Waals surface area (Å²) in [6.07, 6.45) is 4.44. The Labute approximate surface area is 224 Å². The van der Waals surface area contributed by atoms with Crippen LogP contribution >= 0.6 is 0 Å². The highest BCUT2D eigenvalue weighted by Gasteiger charge is 2.32. The van der Waals surface area contributed by atoms with Gasteiger partial charge in [-0.05, 0) is 31.5 Å². The first-order valence-electron chi connectivity index (χ1n) is 12.9. The summed E-state index contributed by atoms with van der Waals surface area (Å²) in [4.78, 5) is 13.4. The van der Waals surface area contributed by atoms with Crippen molar-refractivity contribution >= 4 is 16.7 Å². The zero-order valence-corrected chi connectivity index (χ0v) is 22.0. The van der Waals surface area contributed by atoms with E-state index in [1.165, 1.54) is 12.1 Å². The van der Waals surface area contributed by atoms with Crippen molar-refractivity contribution in [2.75, 3.05) is 18.5 Å². The molecule has 10 heteroatoms. The molecule has 39 heavy (non-hydrogen) atoms. The lowest BCUT2D eigenvalue weighted by Gasteiger charge is -2.23. The third kappa shape index (κ3) is 5.28. The zero-order chi connectivity index (χ0) is 27.7. The Bertz CT molecular complexity index is 1500. The van der Waals surface area contributed by atoms with E-state index in [0.717, 1.165) is 5.82 Å². The molecule has 2 aromatic heterocycles. The lowest BCUT2D eigenvalue weighted by Crippen LogP contribution is -2.15. The van der Waals surface area contributed by atoms with Gasteiger partial charge in [0.1, 0.15) is 29.0 Å². The summed E-state index contributed by atoms with van der Waals surface area (Å²) < 4.78 is 54.5. The molecule has 1 N–H and O–H groups in total. The number of benzene rings is 2. The molecular formula is C29H30F3N5O2. The number of fused-ring (bicyclic) bond motifs is 3. The van der Waals surface area contributed by atoms with Crippen molar-refractivity contribution in [1.29, 1.82) is 0 Å². The highest BCUT2D eigenvalue weighted by atomic mass is 19.3. The highest BCUT2D eigenvalue weighted by Crippen LogP contribution is 2.44. The number of hydrogen-bond acceptors (Lipinski definition) is 6. The first-order chi connectivity index (χ1) is 18.8. The number of nitrogens with zero attached hydrogens (tertiary/aromatic N) is 4. The van der Waals surface area contributed by atoms with Gasteiger partial charge in [-0.2, -0.15) is 8.78 Å². The minimum Gasteiger partial charge on any atom is -0.497 e. The molecule has 0 fully saturated rings. The number of hydrogen-bond donors (Lipinski definition) is 1. The summed E-state index contributed by atoms with van der Waals surface area (Å²) in [6.45, 7) is 7.50. The summed E-state index contributed by atoms with van der Waals surface area (Å²) in [7, 11) is 0. The van der Waals surface area contributed by atoms with Gasteiger partial charge >= 0.3 is 6.61 Å². The van der Waals surface area contributed by atoms with Gasteiger partial charge in [-0.25, -0.2) is 19.3 Å². The topological polar surface area (TPSA) is 74.1 Å². The van der Waals surface area contributed by atoms with Gasteiger partial charge in [0, 0.05) is 53.2 Å². The van der Waals surface area contributed by atoms with Crippen LogP contribution < -0.4 is 10.1 Å². The fraction of sp³-hybridized carbons (Fsp3) is 0.345. The Morgan fingerprint density at radius 2 is 1.97 bits per heavy atom. The SMILES string of the molecule is C=C(CNc1cccc(OC(F)F)c1[C@H]1CCc2nc3cc(F)c(-c4cnc(C(C)C)nc4)cc3n21)OCC. The summed E-state index contributed by atoms with van der Waals surface area (Å²) in [5.41, 5.74) is 3.25. The maximum atomic E-state index is 15.2. The van der Waals surface area contributed by atoms with Gasteiger partial charge in [-0.15, -0.1) is 0 Å². The molecule has 1 atom stereocenters. The number of aromatic nitrogens is 4. The van der Waals surface area contributed by atoms with E-state index in [1.807, 2.05) is 31.4 Å². The molecule has 0 spiro atoms. The predicted octanol–water partition coefficient (Wildman–Crippen LogP) is 6.85. The molecule has 0 amide bonds. The van der Waals surface area contributed by atoms with E-state index in [1.54, 1.807) is 24.5 Å². The summed E-state index contributed by atoms with van der Waals surface area (Å²) >= 11 is 0. The summed E-state index contributed by atoms with van der Waals surface area (Å²) in [5.74, 6) is 1.72. The molecule has 0 unspecified atom stereocenters. The number of rotatable bonds is 10. The van der Waals surface area contributed by atoms with E-state index < -0.39 is 12.4 Å². The maximum absolute atomic E-state index is 15.2. The van der Waals surface area contributed by atoms with Crippen molar-refractivity contribution < 1.29 is 22.6 Å². The Morgan fingerprint density at radius 3 is 2.67 bits per heavy atom. The van der Waals surface area contributed by atoms with Crippen molar-refractivity contribution in [3.8, 4) is 16.9 Å². The van der Waals surface area contributed by atoms with Gasteiger partial charge in [0.05, 0.1) is 30.2 Å². The second kappa shape index (κ2) is 11.0. The molecule has 0 radical (unpaired) electrons. The lowest BCUT2D eigenvalue weighted by molar-refractivity contribution is -0.0506. The number of nitrogens with one attached hydrogen (secondary N) is 1. The minimum absolute atomic E-state index is 0.0664. The van der Waals surface area contributed by atoms with E-state index in [4.69, 9.17) is 9.47 Å². The van der Waals surface area contributed by atoms with Crippen LogP contribution in [0.3, 0.4) is 0 Å². The number of imidazole rings is 1. The molecule has 3 heterocycles. The molecule has 1 aliphatic heterocycles. The van der Waals surface area contributed by atoms with Crippen molar-refractivity contribution in [2.24, 2.45) is 0 Å². The number of aryl methyl sites for hydroxylation is 1. The predicted molar refractivity (Wildman–Crippen MR) is 144 cm³/mol.